The molecule has 0 saturated heterocycles. The lowest BCUT2D eigenvalue weighted by Gasteiger charge is -2.19. The molecule has 0 aliphatic carbocycles. The summed E-state index contributed by atoms with van der Waals surface area (Å²) < 4.78 is 12.8. The molecule has 0 bridgehead atoms. The Morgan fingerprint density at radius 1 is 1.45 bits per heavy atom. The van der Waals surface area contributed by atoms with Crippen LogP contribution in [0.2, 0.25) is 0 Å². The summed E-state index contributed by atoms with van der Waals surface area (Å²) in [7, 11) is 1.99. The number of Topliss-reactive ketones (excluding diaryl/α,β-unsaturated/α-hetero) is 1. The number of rotatable bonds is 6. The summed E-state index contributed by atoms with van der Waals surface area (Å²) in [5.41, 5.74) is 0.323. The molecule has 1 atom stereocenters. The Bertz CT molecular complexity index is 554. The van der Waals surface area contributed by atoms with Crippen LogP contribution in [0, 0.1) is 11.7 Å². The normalized spacial score (nSPS) is 12.6. The molecule has 0 amide bonds. The Kier molecular flexibility index (Phi) is 4.98. The summed E-state index contributed by atoms with van der Waals surface area (Å²) in [4.78, 5) is 19.4. The average molecular weight is 292 g/mol. The minimum Gasteiger partial charge on any atom is -0.301 e. The van der Waals surface area contributed by atoms with E-state index in [1.807, 2.05) is 25.4 Å². The molecule has 2 heterocycles. The van der Waals surface area contributed by atoms with Crippen LogP contribution in [-0.4, -0.2) is 29.3 Å². The molecule has 0 aromatic carbocycles. The minimum atomic E-state index is -0.427. The first-order valence-electron chi connectivity index (χ1n) is 6.43. The third-order valence-electron chi connectivity index (χ3n) is 3.02. The topological polar surface area (TPSA) is 33.2 Å². The molecule has 0 spiro atoms. The average Bonchev–Trinajstić information content (AvgIpc) is 2.91. The van der Waals surface area contributed by atoms with Gasteiger partial charge < -0.3 is 4.90 Å². The second kappa shape index (κ2) is 6.72. The SMILES string of the molecule is CC(CN(C)Cc1cccs1)C(=O)c1ccc(F)cn1. The maximum Gasteiger partial charge on any atom is 0.185 e. The zero-order chi connectivity index (χ0) is 14.5. The van der Waals surface area contributed by atoms with E-state index in [2.05, 4.69) is 16.0 Å². The van der Waals surface area contributed by atoms with Crippen molar-refractivity contribution in [3.8, 4) is 0 Å². The van der Waals surface area contributed by atoms with Crippen molar-refractivity contribution in [3.63, 3.8) is 0 Å². The van der Waals surface area contributed by atoms with Gasteiger partial charge in [-0.1, -0.05) is 13.0 Å². The molecule has 5 heteroatoms. The van der Waals surface area contributed by atoms with Crippen LogP contribution in [0.4, 0.5) is 4.39 Å². The van der Waals surface area contributed by atoms with Gasteiger partial charge in [-0.3, -0.25) is 9.78 Å². The Labute approximate surface area is 122 Å². The molecule has 0 aliphatic rings. The van der Waals surface area contributed by atoms with Gasteiger partial charge in [0.05, 0.1) is 6.20 Å². The molecule has 2 rings (SSSR count). The third-order valence-corrected chi connectivity index (χ3v) is 3.88. The van der Waals surface area contributed by atoms with Crippen LogP contribution in [0.15, 0.2) is 35.8 Å². The zero-order valence-corrected chi connectivity index (χ0v) is 12.4. The summed E-state index contributed by atoms with van der Waals surface area (Å²) in [5.74, 6) is -0.648. The summed E-state index contributed by atoms with van der Waals surface area (Å²) in [6, 6.07) is 6.80. The lowest BCUT2D eigenvalue weighted by molar-refractivity contribution is 0.0896. The Balaban J connectivity index is 1.92. The maximum absolute atomic E-state index is 12.8. The van der Waals surface area contributed by atoms with Crippen molar-refractivity contribution >= 4 is 17.1 Å². The van der Waals surface area contributed by atoms with Crippen molar-refractivity contribution < 1.29 is 9.18 Å². The molecule has 2 aromatic heterocycles. The van der Waals surface area contributed by atoms with Crippen molar-refractivity contribution in [2.75, 3.05) is 13.6 Å². The fourth-order valence-corrected chi connectivity index (χ4v) is 2.84. The van der Waals surface area contributed by atoms with Gasteiger partial charge in [0.1, 0.15) is 11.5 Å². The van der Waals surface area contributed by atoms with Crippen LogP contribution in [0.5, 0.6) is 0 Å². The standard InChI is InChI=1S/C15H17FN2OS/c1-11(9-18(2)10-13-4-3-7-20-13)15(19)14-6-5-12(16)8-17-14/h3-8,11H,9-10H2,1-2H3. The quantitative estimate of drug-likeness (QED) is 0.766. The number of hydrogen-bond acceptors (Lipinski definition) is 4. The van der Waals surface area contributed by atoms with Gasteiger partial charge >= 0.3 is 0 Å². The van der Waals surface area contributed by atoms with Crippen LogP contribution in [0.1, 0.15) is 22.3 Å². The van der Waals surface area contributed by atoms with Crippen molar-refractivity contribution in [2.45, 2.75) is 13.5 Å². The molecule has 106 valence electrons. The van der Waals surface area contributed by atoms with Crippen LogP contribution >= 0.6 is 11.3 Å². The number of halogens is 1. The molecule has 0 aliphatic heterocycles. The molecule has 1 unspecified atom stereocenters. The first kappa shape index (κ1) is 14.8. The lowest BCUT2D eigenvalue weighted by atomic mass is 10.0. The minimum absolute atomic E-state index is 0.0528. The number of nitrogens with zero attached hydrogens (tertiary/aromatic N) is 2. The van der Waals surface area contributed by atoms with Crippen molar-refractivity contribution in [3.05, 3.63) is 52.2 Å². The van der Waals surface area contributed by atoms with Gasteiger partial charge in [0.2, 0.25) is 0 Å². The third kappa shape index (κ3) is 3.95. The van der Waals surface area contributed by atoms with Gasteiger partial charge in [-0.05, 0) is 30.6 Å². The number of hydrogen-bond donors (Lipinski definition) is 0. The van der Waals surface area contributed by atoms with Gasteiger partial charge in [-0.15, -0.1) is 11.3 Å². The van der Waals surface area contributed by atoms with Crippen LogP contribution < -0.4 is 0 Å². The lowest BCUT2D eigenvalue weighted by Crippen LogP contribution is -2.28. The van der Waals surface area contributed by atoms with Crippen molar-refractivity contribution in [1.29, 1.82) is 0 Å². The van der Waals surface area contributed by atoms with E-state index >= 15 is 0 Å². The van der Waals surface area contributed by atoms with Gasteiger partial charge in [-0.25, -0.2) is 4.39 Å². The van der Waals surface area contributed by atoms with E-state index in [-0.39, 0.29) is 11.7 Å². The smallest absolute Gasteiger partial charge is 0.185 e. The second-order valence-electron chi connectivity index (χ2n) is 4.90. The van der Waals surface area contributed by atoms with Gasteiger partial charge in [0, 0.05) is 23.9 Å². The number of pyridine rings is 1. The predicted molar refractivity (Wildman–Crippen MR) is 78.3 cm³/mol. The van der Waals surface area contributed by atoms with Crippen molar-refractivity contribution in [2.24, 2.45) is 5.92 Å². The van der Waals surface area contributed by atoms with E-state index in [0.29, 0.717) is 12.2 Å². The monoisotopic (exact) mass is 292 g/mol. The van der Waals surface area contributed by atoms with E-state index in [0.717, 1.165) is 12.7 Å². The Morgan fingerprint density at radius 2 is 2.25 bits per heavy atom. The van der Waals surface area contributed by atoms with Gasteiger partial charge in [0.15, 0.2) is 5.78 Å². The highest BCUT2D eigenvalue weighted by atomic mass is 32.1. The number of carbonyl (C=O) groups excluding carboxylic acids is 1. The summed E-state index contributed by atoms with van der Waals surface area (Å²) in [6.45, 7) is 3.35. The summed E-state index contributed by atoms with van der Waals surface area (Å²) in [5, 5.41) is 2.04. The van der Waals surface area contributed by atoms with Crippen LogP contribution in [-0.2, 0) is 6.54 Å². The molecule has 0 fully saturated rings. The summed E-state index contributed by atoms with van der Waals surface area (Å²) >= 11 is 1.70. The molecule has 0 saturated carbocycles. The molecular formula is C15H17FN2OS. The van der Waals surface area contributed by atoms with Crippen LogP contribution in [0.3, 0.4) is 0 Å². The van der Waals surface area contributed by atoms with E-state index < -0.39 is 5.82 Å². The zero-order valence-electron chi connectivity index (χ0n) is 11.5. The maximum atomic E-state index is 12.8. The van der Waals surface area contributed by atoms with E-state index in [4.69, 9.17) is 0 Å². The van der Waals surface area contributed by atoms with Crippen LogP contribution in [0.25, 0.3) is 0 Å². The second-order valence-corrected chi connectivity index (χ2v) is 5.94. The van der Waals surface area contributed by atoms with E-state index in [9.17, 15) is 9.18 Å². The number of carbonyl (C=O) groups is 1. The molecule has 0 N–H and O–H groups in total. The Morgan fingerprint density at radius 3 is 2.85 bits per heavy atom. The fourth-order valence-electron chi connectivity index (χ4n) is 2.06. The van der Waals surface area contributed by atoms with E-state index in [1.54, 1.807) is 11.3 Å². The molecular weight excluding hydrogens is 275 g/mol. The molecule has 2 aromatic rings. The molecule has 0 radical (unpaired) electrons. The first-order chi connectivity index (χ1) is 9.56. The van der Waals surface area contributed by atoms with Gasteiger partial charge in [0.25, 0.3) is 0 Å². The first-order valence-corrected chi connectivity index (χ1v) is 7.31. The number of aromatic nitrogens is 1. The highest BCUT2D eigenvalue weighted by molar-refractivity contribution is 7.09. The number of thiophene rings is 1. The number of ketones is 1. The van der Waals surface area contributed by atoms with Gasteiger partial charge in [-0.2, -0.15) is 0 Å². The summed E-state index contributed by atoms with van der Waals surface area (Å²) in [6.07, 6.45) is 1.08. The molecule has 20 heavy (non-hydrogen) atoms. The Hall–Kier alpha value is -1.59. The molecule has 3 nitrogen and oxygen atoms in total. The highest BCUT2D eigenvalue weighted by Gasteiger charge is 2.18. The largest absolute Gasteiger partial charge is 0.301 e. The highest BCUT2D eigenvalue weighted by Crippen LogP contribution is 2.13. The van der Waals surface area contributed by atoms with E-state index in [1.165, 1.54) is 17.0 Å². The van der Waals surface area contributed by atoms with Crippen molar-refractivity contribution in [1.82, 2.24) is 9.88 Å². The fraction of sp³-hybridized carbons (Fsp3) is 0.333. The predicted octanol–water partition coefficient (Wildman–Crippen LogP) is 3.23.